The van der Waals surface area contributed by atoms with Crippen LogP contribution in [0.25, 0.3) is 0 Å². The summed E-state index contributed by atoms with van der Waals surface area (Å²) in [6.07, 6.45) is 1.08. The van der Waals surface area contributed by atoms with Crippen LogP contribution in [-0.4, -0.2) is 42.2 Å². The van der Waals surface area contributed by atoms with E-state index in [9.17, 15) is 4.79 Å². The summed E-state index contributed by atoms with van der Waals surface area (Å²) in [6, 6.07) is 0. The fourth-order valence-electron chi connectivity index (χ4n) is 1.67. The van der Waals surface area contributed by atoms with Crippen LogP contribution < -0.4 is 5.73 Å². The minimum Gasteiger partial charge on any atom is -0.393 e. The summed E-state index contributed by atoms with van der Waals surface area (Å²) in [6.45, 7) is 6.89. The number of nitrogens with zero attached hydrogens (tertiary/aromatic N) is 1. The van der Waals surface area contributed by atoms with Gasteiger partial charge in [0.25, 0.3) is 0 Å². The van der Waals surface area contributed by atoms with Crippen molar-refractivity contribution in [3.63, 3.8) is 0 Å². The zero-order valence-corrected chi connectivity index (χ0v) is 12.2. The van der Waals surface area contributed by atoms with Crippen molar-refractivity contribution in [2.75, 3.05) is 20.1 Å². The van der Waals surface area contributed by atoms with Crippen LogP contribution in [0.1, 0.15) is 33.6 Å². The molecule has 0 heterocycles. The number of rotatable bonds is 7. The summed E-state index contributed by atoms with van der Waals surface area (Å²) in [4.78, 5) is 13.7. The Morgan fingerprint density at radius 2 is 1.88 bits per heavy atom. The lowest BCUT2D eigenvalue weighted by molar-refractivity contribution is -0.134. The minimum atomic E-state index is -0.364. The van der Waals surface area contributed by atoms with Crippen LogP contribution in [0.15, 0.2) is 0 Å². The van der Waals surface area contributed by atoms with Gasteiger partial charge in [0, 0.05) is 20.1 Å². The molecule has 0 aromatic heterocycles. The molecule has 0 aliphatic carbocycles. The van der Waals surface area contributed by atoms with E-state index in [2.05, 4.69) is 13.8 Å². The molecule has 0 aromatic rings. The van der Waals surface area contributed by atoms with Gasteiger partial charge in [-0.05, 0) is 25.7 Å². The number of hydrogen-bond donors (Lipinski definition) is 2. The Hall–Kier alpha value is -0.320. The van der Waals surface area contributed by atoms with Gasteiger partial charge in [-0.3, -0.25) is 4.79 Å². The van der Waals surface area contributed by atoms with Gasteiger partial charge in [0.1, 0.15) is 0 Å². The first-order valence-corrected chi connectivity index (χ1v) is 6.01. The van der Waals surface area contributed by atoms with Crippen LogP contribution in [0.5, 0.6) is 0 Å². The second kappa shape index (κ2) is 9.68. The average Bonchev–Trinajstić information content (AvgIpc) is 2.21. The Morgan fingerprint density at radius 3 is 2.24 bits per heavy atom. The standard InChI is InChI=1S/C12H26N2O2.ClH/c1-9(2)7-11(8-13)12(16)14(4)6-5-10(3)15;/h9-11,15H,5-8,13H2,1-4H3;1H. The Bertz CT molecular complexity index is 211. The van der Waals surface area contributed by atoms with Gasteiger partial charge in [-0.1, -0.05) is 13.8 Å². The van der Waals surface area contributed by atoms with Crippen LogP contribution in [0.2, 0.25) is 0 Å². The van der Waals surface area contributed by atoms with Crippen molar-refractivity contribution in [2.45, 2.75) is 39.7 Å². The molecule has 4 nitrogen and oxygen atoms in total. The number of halogens is 1. The second-order valence-corrected chi connectivity index (χ2v) is 4.96. The molecule has 0 aliphatic heterocycles. The molecule has 17 heavy (non-hydrogen) atoms. The van der Waals surface area contributed by atoms with E-state index in [1.807, 2.05) is 0 Å². The van der Waals surface area contributed by atoms with Crippen molar-refractivity contribution < 1.29 is 9.90 Å². The molecule has 0 rings (SSSR count). The van der Waals surface area contributed by atoms with Crippen molar-refractivity contribution in [1.82, 2.24) is 4.90 Å². The van der Waals surface area contributed by atoms with E-state index in [1.165, 1.54) is 0 Å². The fourth-order valence-corrected chi connectivity index (χ4v) is 1.67. The molecule has 0 radical (unpaired) electrons. The minimum absolute atomic E-state index is 0. The molecular formula is C12H27ClN2O2. The first-order valence-electron chi connectivity index (χ1n) is 6.01. The van der Waals surface area contributed by atoms with Crippen LogP contribution in [0, 0.1) is 11.8 Å². The molecule has 2 atom stereocenters. The van der Waals surface area contributed by atoms with Crippen molar-refractivity contribution in [3.05, 3.63) is 0 Å². The van der Waals surface area contributed by atoms with E-state index in [-0.39, 0.29) is 30.3 Å². The van der Waals surface area contributed by atoms with E-state index in [1.54, 1.807) is 18.9 Å². The second-order valence-electron chi connectivity index (χ2n) is 4.96. The average molecular weight is 267 g/mol. The number of hydrogen-bond acceptors (Lipinski definition) is 3. The highest BCUT2D eigenvalue weighted by Crippen LogP contribution is 2.13. The van der Waals surface area contributed by atoms with Gasteiger partial charge in [-0.25, -0.2) is 0 Å². The highest BCUT2D eigenvalue weighted by atomic mass is 35.5. The molecule has 1 amide bonds. The summed E-state index contributed by atoms with van der Waals surface area (Å²) >= 11 is 0. The highest BCUT2D eigenvalue weighted by Gasteiger charge is 2.21. The topological polar surface area (TPSA) is 66.6 Å². The predicted octanol–water partition coefficient (Wildman–Crippen LogP) is 1.26. The van der Waals surface area contributed by atoms with E-state index < -0.39 is 0 Å². The summed E-state index contributed by atoms with van der Waals surface area (Å²) in [5.41, 5.74) is 5.62. The lowest BCUT2D eigenvalue weighted by Gasteiger charge is -2.24. The third-order valence-electron chi connectivity index (χ3n) is 2.65. The number of aliphatic hydroxyl groups excluding tert-OH is 1. The number of nitrogens with two attached hydrogens (primary N) is 1. The van der Waals surface area contributed by atoms with Crippen LogP contribution in [0.3, 0.4) is 0 Å². The van der Waals surface area contributed by atoms with E-state index >= 15 is 0 Å². The quantitative estimate of drug-likeness (QED) is 0.729. The summed E-state index contributed by atoms with van der Waals surface area (Å²) in [5.74, 6) is 0.485. The monoisotopic (exact) mass is 266 g/mol. The number of carbonyl (C=O) groups excluding carboxylic acids is 1. The third-order valence-corrected chi connectivity index (χ3v) is 2.65. The van der Waals surface area contributed by atoms with E-state index in [0.29, 0.717) is 25.4 Å². The smallest absolute Gasteiger partial charge is 0.226 e. The Morgan fingerprint density at radius 1 is 1.35 bits per heavy atom. The molecule has 0 aliphatic rings. The maximum Gasteiger partial charge on any atom is 0.226 e. The van der Waals surface area contributed by atoms with Crippen molar-refractivity contribution in [3.8, 4) is 0 Å². The molecular weight excluding hydrogens is 240 g/mol. The van der Waals surface area contributed by atoms with Crippen molar-refractivity contribution in [1.29, 1.82) is 0 Å². The molecule has 2 unspecified atom stereocenters. The molecule has 0 spiro atoms. The zero-order chi connectivity index (χ0) is 12.7. The molecule has 0 fully saturated rings. The molecule has 0 aromatic carbocycles. The molecule has 3 N–H and O–H groups in total. The SMILES string of the molecule is CC(C)CC(CN)C(=O)N(C)CCC(C)O.Cl. The summed E-state index contributed by atoms with van der Waals surface area (Å²) < 4.78 is 0. The van der Waals surface area contributed by atoms with E-state index in [4.69, 9.17) is 10.8 Å². The predicted molar refractivity (Wildman–Crippen MR) is 73.2 cm³/mol. The van der Waals surface area contributed by atoms with Crippen molar-refractivity contribution >= 4 is 18.3 Å². The highest BCUT2D eigenvalue weighted by molar-refractivity contribution is 5.85. The van der Waals surface area contributed by atoms with E-state index in [0.717, 1.165) is 6.42 Å². The molecule has 5 heteroatoms. The van der Waals surface area contributed by atoms with Crippen molar-refractivity contribution in [2.24, 2.45) is 17.6 Å². The van der Waals surface area contributed by atoms with Gasteiger partial charge >= 0.3 is 0 Å². The van der Waals surface area contributed by atoms with Gasteiger partial charge in [0.15, 0.2) is 0 Å². The first kappa shape index (κ1) is 19.0. The largest absolute Gasteiger partial charge is 0.393 e. The van der Waals surface area contributed by atoms with Gasteiger partial charge in [-0.15, -0.1) is 12.4 Å². The lowest BCUT2D eigenvalue weighted by Crippen LogP contribution is -2.38. The third kappa shape index (κ3) is 8.41. The van der Waals surface area contributed by atoms with Crippen LogP contribution in [0.4, 0.5) is 0 Å². The van der Waals surface area contributed by atoms with Gasteiger partial charge < -0.3 is 15.7 Å². The van der Waals surface area contributed by atoms with Gasteiger partial charge in [-0.2, -0.15) is 0 Å². The zero-order valence-electron chi connectivity index (χ0n) is 11.3. The van der Waals surface area contributed by atoms with Crippen LogP contribution in [-0.2, 0) is 4.79 Å². The Labute approximate surface area is 111 Å². The number of aliphatic hydroxyl groups is 1. The maximum absolute atomic E-state index is 12.0. The molecule has 0 saturated heterocycles. The normalized spacial score (nSPS) is 14.1. The molecule has 0 bridgehead atoms. The Kier molecular flexibility index (Phi) is 10.8. The molecule has 0 saturated carbocycles. The fraction of sp³-hybridized carbons (Fsp3) is 0.917. The summed E-state index contributed by atoms with van der Waals surface area (Å²) in [7, 11) is 1.77. The molecule has 104 valence electrons. The number of amides is 1. The first-order chi connectivity index (χ1) is 7.38. The Balaban J connectivity index is 0. The summed E-state index contributed by atoms with van der Waals surface area (Å²) in [5, 5.41) is 9.16. The maximum atomic E-state index is 12.0. The lowest BCUT2D eigenvalue weighted by atomic mass is 9.96. The number of carbonyl (C=O) groups is 1. The van der Waals surface area contributed by atoms with Gasteiger partial charge in [0.05, 0.1) is 12.0 Å². The van der Waals surface area contributed by atoms with Crippen LogP contribution >= 0.6 is 12.4 Å². The van der Waals surface area contributed by atoms with Gasteiger partial charge in [0.2, 0.25) is 5.91 Å².